The van der Waals surface area contributed by atoms with Gasteiger partial charge < -0.3 is 0 Å². The van der Waals surface area contributed by atoms with Crippen LogP contribution < -0.4 is 0 Å². The van der Waals surface area contributed by atoms with Crippen molar-refractivity contribution >= 4 is 23.2 Å². The summed E-state index contributed by atoms with van der Waals surface area (Å²) in [5.41, 5.74) is 0.780. The van der Waals surface area contributed by atoms with E-state index in [0.717, 1.165) is 24.2 Å². The van der Waals surface area contributed by atoms with Crippen LogP contribution in [0.2, 0.25) is 10.3 Å². The lowest BCUT2D eigenvalue weighted by Crippen LogP contribution is -2.08. The maximum atomic E-state index is 6.08. The zero-order valence-electron chi connectivity index (χ0n) is 10.2. The molecule has 1 fully saturated rings. The molecule has 0 bridgehead atoms. The highest BCUT2D eigenvalue weighted by atomic mass is 35.5. The van der Waals surface area contributed by atoms with E-state index in [1.54, 1.807) is 0 Å². The second-order valence-electron chi connectivity index (χ2n) is 4.83. The van der Waals surface area contributed by atoms with Crippen LogP contribution in [0.15, 0.2) is 0 Å². The Balaban J connectivity index is 2.19. The average molecular weight is 273 g/mol. The summed E-state index contributed by atoms with van der Waals surface area (Å²) in [4.78, 5) is 8.80. The summed E-state index contributed by atoms with van der Waals surface area (Å²) in [6.07, 6.45) is 8.86. The van der Waals surface area contributed by atoms with Crippen LogP contribution in [0.5, 0.6) is 0 Å². The van der Waals surface area contributed by atoms with Crippen molar-refractivity contribution in [3.63, 3.8) is 0 Å². The first-order valence-corrected chi connectivity index (χ1v) is 7.13. The summed E-state index contributed by atoms with van der Waals surface area (Å²) in [7, 11) is 0. The molecule has 94 valence electrons. The van der Waals surface area contributed by atoms with E-state index >= 15 is 0 Å². The first-order valence-electron chi connectivity index (χ1n) is 6.38. The molecule has 0 saturated heterocycles. The number of halogens is 2. The summed E-state index contributed by atoms with van der Waals surface area (Å²) < 4.78 is 0. The Morgan fingerprint density at radius 2 is 1.35 bits per heavy atom. The van der Waals surface area contributed by atoms with Crippen LogP contribution in [0.3, 0.4) is 0 Å². The first-order chi connectivity index (χ1) is 8.18. The van der Waals surface area contributed by atoms with Gasteiger partial charge >= 0.3 is 0 Å². The van der Waals surface area contributed by atoms with Crippen LogP contribution in [0.1, 0.15) is 62.3 Å². The summed E-state index contributed by atoms with van der Waals surface area (Å²) in [6, 6.07) is 0. The van der Waals surface area contributed by atoms with E-state index in [2.05, 4.69) is 9.97 Å². The van der Waals surface area contributed by atoms with Crippen LogP contribution in [0.4, 0.5) is 0 Å². The molecule has 1 aliphatic rings. The van der Waals surface area contributed by atoms with E-state index in [4.69, 9.17) is 23.2 Å². The van der Waals surface area contributed by atoms with Crippen molar-refractivity contribution in [2.75, 3.05) is 0 Å². The molecule has 0 N–H and O–H groups in total. The molecule has 0 amide bonds. The fourth-order valence-corrected chi connectivity index (χ4v) is 2.78. The van der Waals surface area contributed by atoms with Crippen molar-refractivity contribution in [3.8, 4) is 0 Å². The lowest BCUT2D eigenvalue weighted by Gasteiger charge is -2.19. The van der Waals surface area contributed by atoms with Gasteiger partial charge in [-0.05, 0) is 19.8 Å². The predicted octanol–water partition coefficient (Wildman–Crippen LogP) is 4.92. The Bertz CT molecular complexity index is 362. The van der Waals surface area contributed by atoms with Crippen molar-refractivity contribution in [3.05, 3.63) is 21.7 Å². The molecule has 0 radical (unpaired) electrons. The van der Waals surface area contributed by atoms with Gasteiger partial charge in [-0.2, -0.15) is 0 Å². The van der Waals surface area contributed by atoms with Gasteiger partial charge in [0.15, 0.2) is 0 Å². The van der Waals surface area contributed by atoms with Crippen LogP contribution in [-0.4, -0.2) is 9.97 Å². The van der Waals surface area contributed by atoms with Crippen LogP contribution in [0, 0.1) is 6.92 Å². The summed E-state index contributed by atoms with van der Waals surface area (Å²) in [5, 5.41) is 1.00. The SMILES string of the molecule is Cc1c(Cl)nc(C2CCCCCCC2)nc1Cl. The summed E-state index contributed by atoms with van der Waals surface area (Å²) >= 11 is 12.2. The smallest absolute Gasteiger partial charge is 0.137 e. The molecule has 0 unspecified atom stereocenters. The molecule has 17 heavy (non-hydrogen) atoms. The van der Waals surface area contributed by atoms with Gasteiger partial charge in [0.25, 0.3) is 0 Å². The van der Waals surface area contributed by atoms with Gasteiger partial charge in [-0.3, -0.25) is 0 Å². The number of nitrogens with zero attached hydrogens (tertiary/aromatic N) is 2. The van der Waals surface area contributed by atoms with E-state index in [1.807, 2.05) is 6.92 Å². The molecule has 2 nitrogen and oxygen atoms in total. The molecule has 2 rings (SSSR count). The Kier molecular flexibility index (Phi) is 4.63. The monoisotopic (exact) mass is 272 g/mol. The molecule has 4 heteroatoms. The van der Waals surface area contributed by atoms with E-state index in [0.29, 0.717) is 16.2 Å². The van der Waals surface area contributed by atoms with Gasteiger partial charge in [0.05, 0.1) is 0 Å². The zero-order chi connectivity index (χ0) is 12.3. The van der Waals surface area contributed by atoms with Gasteiger partial charge in [-0.25, -0.2) is 9.97 Å². The summed E-state index contributed by atoms with van der Waals surface area (Å²) in [5.74, 6) is 1.28. The standard InChI is InChI=1S/C13H18Cl2N2/c1-9-11(14)16-13(17-12(9)15)10-7-5-3-2-4-6-8-10/h10H,2-8H2,1H3. The minimum absolute atomic E-state index is 0.436. The molecular weight excluding hydrogens is 255 g/mol. The third-order valence-electron chi connectivity index (χ3n) is 3.51. The maximum absolute atomic E-state index is 6.08. The van der Waals surface area contributed by atoms with E-state index < -0.39 is 0 Å². The molecule has 1 saturated carbocycles. The molecule has 1 heterocycles. The Hall–Kier alpha value is -0.340. The minimum atomic E-state index is 0.436. The molecule has 0 aromatic carbocycles. The largest absolute Gasteiger partial charge is 0.221 e. The molecule has 0 atom stereocenters. The third-order valence-corrected chi connectivity index (χ3v) is 4.25. The fraction of sp³-hybridized carbons (Fsp3) is 0.692. The van der Waals surface area contributed by atoms with Crippen LogP contribution in [-0.2, 0) is 0 Å². The second kappa shape index (κ2) is 6.01. The Morgan fingerprint density at radius 3 is 1.88 bits per heavy atom. The van der Waals surface area contributed by atoms with Crippen molar-refractivity contribution in [2.45, 2.75) is 57.8 Å². The van der Waals surface area contributed by atoms with Gasteiger partial charge in [-0.1, -0.05) is 55.3 Å². The highest BCUT2D eigenvalue weighted by Crippen LogP contribution is 2.31. The molecule has 1 aromatic heterocycles. The number of hydrogen-bond donors (Lipinski definition) is 0. The molecule has 1 aliphatic carbocycles. The highest BCUT2D eigenvalue weighted by molar-refractivity contribution is 6.34. The van der Waals surface area contributed by atoms with E-state index in [9.17, 15) is 0 Å². The van der Waals surface area contributed by atoms with Gasteiger partial charge in [0.1, 0.15) is 16.1 Å². The lowest BCUT2D eigenvalue weighted by molar-refractivity contribution is 0.442. The number of rotatable bonds is 1. The topological polar surface area (TPSA) is 25.8 Å². The van der Waals surface area contributed by atoms with Crippen molar-refractivity contribution < 1.29 is 0 Å². The van der Waals surface area contributed by atoms with E-state index in [1.165, 1.54) is 32.1 Å². The van der Waals surface area contributed by atoms with Crippen molar-refractivity contribution in [2.24, 2.45) is 0 Å². The fourth-order valence-electron chi connectivity index (χ4n) is 2.38. The predicted molar refractivity (Wildman–Crippen MR) is 71.8 cm³/mol. The van der Waals surface area contributed by atoms with E-state index in [-0.39, 0.29) is 0 Å². The molecular formula is C13H18Cl2N2. The van der Waals surface area contributed by atoms with Crippen molar-refractivity contribution in [1.82, 2.24) is 9.97 Å². The zero-order valence-corrected chi connectivity index (χ0v) is 11.7. The molecule has 0 aliphatic heterocycles. The average Bonchev–Trinajstić information content (AvgIpc) is 2.25. The van der Waals surface area contributed by atoms with Crippen LogP contribution in [0.25, 0.3) is 0 Å². The van der Waals surface area contributed by atoms with Crippen LogP contribution >= 0.6 is 23.2 Å². The molecule has 0 spiro atoms. The third kappa shape index (κ3) is 3.32. The van der Waals surface area contributed by atoms with Gasteiger partial charge in [-0.15, -0.1) is 0 Å². The molecule has 1 aromatic rings. The maximum Gasteiger partial charge on any atom is 0.137 e. The number of hydrogen-bond acceptors (Lipinski definition) is 2. The normalized spacial score (nSPS) is 18.8. The van der Waals surface area contributed by atoms with Crippen molar-refractivity contribution in [1.29, 1.82) is 0 Å². The lowest BCUT2D eigenvalue weighted by atomic mass is 9.90. The highest BCUT2D eigenvalue weighted by Gasteiger charge is 2.18. The second-order valence-corrected chi connectivity index (χ2v) is 5.55. The first kappa shape index (κ1) is 13.1. The summed E-state index contributed by atoms with van der Waals surface area (Å²) in [6.45, 7) is 1.85. The Labute approximate surface area is 113 Å². The number of aromatic nitrogens is 2. The van der Waals surface area contributed by atoms with Gasteiger partial charge in [0, 0.05) is 11.5 Å². The minimum Gasteiger partial charge on any atom is -0.221 e. The quantitative estimate of drug-likeness (QED) is 0.679. The Morgan fingerprint density at radius 1 is 0.882 bits per heavy atom. The van der Waals surface area contributed by atoms with Gasteiger partial charge in [0.2, 0.25) is 0 Å².